The lowest BCUT2D eigenvalue weighted by Crippen LogP contribution is -2.06. The first kappa shape index (κ1) is 11.4. The maximum atomic E-state index is 13.4. The summed E-state index contributed by atoms with van der Waals surface area (Å²) in [5.74, 6) is -3.38. The highest BCUT2D eigenvalue weighted by molar-refractivity contribution is 5.69. The molecule has 0 atom stereocenters. The van der Waals surface area contributed by atoms with Crippen molar-refractivity contribution in [3.8, 4) is 11.5 Å². The molecule has 0 saturated heterocycles. The van der Waals surface area contributed by atoms with Crippen LogP contribution >= 0.6 is 0 Å². The van der Waals surface area contributed by atoms with Crippen LogP contribution in [0.1, 0.15) is 12.5 Å². The number of methoxy groups -OCH3 is 1. The average molecular weight is 216 g/mol. The quantitative estimate of drug-likeness (QED) is 0.561. The van der Waals surface area contributed by atoms with Crippen LogP contribution in [-0.4, -0.2) is 13.1 Å². The Hall–Kier alpha value is -1.65. The summed E-state index contributed by atoms with van der Waals surface area (Å²) in [6.45, 7) is 2.55. The lowest BCUT2D eigenvalue weighted by molar-refractivity contribution is -0.132. The van der Waals surface area contributed by atoms with Gasteiger partial charge in [0.15, 0.2) is 17.3 Å². The van der Waals surface area contributed by atoms with Crippen molar-refractivity contribution in [3.05, 3.63) is 23.3 Å². The molecule has 0 aromatic heterocycles. The first-order chi connectivity index (χ1) is 6.97. The third-order valence-electron chi connectivity index (χ3n) is 1.77. The van der Waals surface area contributed by atoms with Gasteiger partial charge in [-0.15, -0.1) is 0 Å². The van der Waals surface area contributed by atoms with Gasteiger partial charge >= 0.3 is 5.97 Å². The van der Waals surface area contributed by atoms with Crippen LogP contribution in [0.5, 0.6) is 11.5 Å². The first-order valence-corrected chi connectivity index (χ1v) is 4.18. The van der Waals surface area contributed by atoms with Crippen LogP contribution in [-0.2, 0) is 4.79 Å². The topological polar surface area (TPSA) is 35.5 Å². The van der Waals surface area contributed by atoms with Gasteiger partial charge < -0.3 is 9.47 Å². The average Bonchev–Trinajstić information content (AvgIpc) is 2.14. The van der Waals surface area contributed by atoms with E-state index in [4.69, 9.17) is 0 Å². The number of hydrogen-bond donors (Lipinski definition) is 0. The molecule has 0 fully saturated rings. The molecule has 82 valence electrons. The van der Waals surface area contributed by atoms with Gasteiger partial charge in [-0.1, -0.05) is 0 Å². The zero-order valence-electron chi connectivity index (χ0n) is 8.56. The maximum Gasteiger partial charge on any atom is 0.308 e. The summed E-state index contributed by atoms with van der Waals surface area (Å²) in [6.07, 6.45) is 0. The number of rotatable bonds is 2. The van der Waals surface area contributed by atoms with E-state index in [2.05, 4.69) is 9.47 Å². The van der Waals surface area contributed by atoms with E-state index in [-0.39, 0.29) is 11.3 Å². The van der Waals surface area contributed by atoms with Crippen LogP contribution in [0.4, 0.5) is 8.78 Å². The van der Waals surface area contributed by atoms with Crippen molar-refractivity contribution >= 4 is 5.97 Å². The Bertz CT molecular complexity index is 402. The molecule has 15 heavy (non-hydrogen) atoms. The molecule has 5 heteroatoms. The smallest absolute Gasteiger partial charge is 0.308 e. The lowest BCUT2D eigenvalue weighted by atomic mass is 10.2. The molecule has 0 spiro atoms. The van der Waals surface area contributed by atoms with Crippen LogP contribution in [0, 0.1) is 18.6 Å². The fourth-order valence-corrected chi connectivity index (χ4v) is 1.12. The largest absolute Gasteiger partial charge is 0.491 e. The van der Waals surface area contributed by atoms with Crippen LogP contribution in [0.3, 0.4) is 0 Å². The highest BCUT2D eigenvalue weighted by Crippen LogP contribution is 2.31. The second-order valence-electron chi connectivity index (χ2n) is 2.95. The fourth-order valence-electron chi connectivity index (χ4n) is 1.12. The van der Waals surface area contributed by atoms with E-state index in [1.165, 1.54) is 6.92 Å². The van der Waals surface area contributed by atoms with Crippen molar-refractivity contribution in [1.29, 1.82) is 0 Å². The molecule has 0 heterocycles. The van der Waals surface area contributed by atoms with Gasteiger partial charge in [-0.2, -0.15) is 4.39 Å². The first-order valence-electron chi connectivity index (χ1n) is 4.18. The molecule has 0 saturated carbocycles. The number of carbonyl (C=O) groups excluding carboxylic acids is 1. The molecule has 1 aromatic carbocycles. The molecule has 0 amide bonds. The molecule has 0 aliphatic heterocycles. The minimum atomic E-state index is -1.02. The second-order valence-corrected chi connectivity index (χ2v) is 2.95. The number of hydrogen-bond acceptors (Lipinski definition) is 3. The number of esters is 1. The van der Waals surface area contributed by atoms with Gasteiger partial charge in [-0.3, -0.25) is 4.79 Å². The number of halogens is 2. The molecule has 1 rings (SSSR count). The predicted octanol–water partition coefficient (Wildman–Crippen LogP) is 2.21. The van der Waals surface area contributed by atoms with Crippen LogP contribution < -0.4 is 9.47 Å². The summed E-state index contributed by atoms with van der Waals surface area (Å²) in [5, 5.41) is 0. The van der Waals surface area contributed by atoms with Gasteiger partial charge in [0.05, 0.1) is 7.11 Å². The molecule has 0 radical (unpaired) electrons. The molecule has 3 nitrogen and oxygen atoms in total. The van der Waals surface area contributed by atoms with Crippen LogP contribution in [0.15, 0.2) is 6.07 Å². The third-order valence-corrected chi connectivity index (χ3v) is 1.77. The monoisotopic (exact) mass is 216 g/mol. The van der Waals surface area contributed by atoms with Gasteiger partial charge in [0.1, 0.15) is 0 Å². The van der Waals surface area contributed by atoms with Crippen molar-refractivity contribution in [2.24, 2.45) is 0 Å². The van der Waals surface area contributed by atoms with E-state index in [0.29, 0.717) is 0 Å². The van der Waals surface area contributed by atoms with Gasteiger partial charge in [-0.05, 0) is 18.6 Å². The van der Waals surface area contributed by atoms with Crippen molar-refractivity contribution < 1.29 is 23.0 Å². The van der Waals surface area contributed by atoms with E-state index >= 15 is 0 Å². The van der Waals surface area contributed by atoms with Crippen molar-refractivity contribution in [1.82, 2.24) is 0 Å². The zero-order chi connectivity index (χ0) is 11.6. The van der Waals surface area contributed by atoms with Gasteiger partial charge in [0.25, 0.3) is 0 Å². The van der Waals surface area contributed by atoms with E-state index in [1.54, 1.807) is 0 Å². The molecular weight excluding hydrogens is 206 g/mol. The molecule has 0 unspecified atom stereocenters. The number of carbonyl (C=O) groups is 1. The van der Waals surface area contributed by atoms with Crippen LogP contribution in [0.2, 0.25) is 0 Å². The molecule has 0 aliphatic carbocycles. The lowest BCUT2D eigenvalue weighted by Gasteiger charge is -2.09. The van der Waals surface area contributed by atoms with Crippen molar-refractivity contribution in [2.75, 3.05) is 7.11 Å². The molecule has 0 N–H and O–H groups in total. The number of ether oxygens (including phenoxy) is 2. The van der Waals surface area contributed by atoms with E-state index in [1.807, 2.05) is 0 Å². The second kappa shape index (κ2) is 4.25. The summed E-state index contributed by atoms with van der Waals surface area (Å²) in [7, 11) is 1.14. The SMILES string of the molecule is COc1c(F)c(C)cc(OC(C)=O)c1F. The highest BCUT2D eigenvalue weighted by Gasteiger charge is 2.19. The number of aryl methyl sites for hydroxylation is 1. The summed E-state index contributed by atoms with van der Waals surface area (Å²) in [6, 6.07) is 1.11. The van der Waals surface area contributed by atoms with Gasteiger partial charge in [0.2, 0.25) is 5.82 Å². The van der Waals surface area contributed by atoms with E-state index in [9.17, 15) is 13.6 Å². The van der Waals surface area contributed by atoms with Crippen molar-refractivity contribution in [2.45, 2.75) is 13.8 Å². The molecule has 1 aromatic rings. The Morgan fingerprint density at radius 3 is 2.40 bits per heavy atom. The molecule has 0 aliphatic rings. The standard InChI is InChI=1S/C10H10F2O3/c1-5-4-7(15-6(2)13)9(12)10(14-3)8(5)11/h4H,1-3H3. The van der Waals surface area contributed by atoms with E-state index < -0.39 is 23.4 Å². The predicted molar refractivity (Wildman–Crippen MR) is 49.0 cm³/mol. The minimum absolute atomic E-state index is 0.143. The number of benzene rings is 1. The Labute approximate surface area is 85.6 Å². The summed E-state index contributed by atoms with van der Waals surface area (Å²) >= 11 is 0. The summed E-state index contributed by atoms with van der Waals surface area (Å²) in [5.41, 5.74) is 0.143. The summed E-state index contributed by atoms with van der Waals surface area (Å²) in [4.78, 5) is 10.6. The fraction of sp³-hybridized carbons (Fsp3) is 0.300. The van der Waals surface area contributed by atoms with Gasteiger partial charge in [-0.25, -0.2) is 4.39 Å². The van der Waals surface area contributed by atoms with E-state index in [0.717, 1.165) is 20.1 Å². The van der Waals surface area contributed by atoms with Crippen molar-refractivity contribution in [3.63, 3.8) is 0 Å². The molecular formula is C10H10F2O3. The Balaban J connectivity index is 3.30. The molecule has 0 bridgehead atoms. The Morgan fingerprint density at radius 2 is 1.93 bits per heavy atom. The van der Waals surface area contributed by atoms with Crippen LogP contribution in [0.25, 0.3) is 0 Å². The highest BCUT2D eigenvalue weighted by atomic mass is 19.1. The normalized spacial score (nSPS) is 9.93. The summed E-state index contributed by atoms with van der Waals surface area (Å²) < 4.78 is 35.8. The van der Waals surface area contributed by atoms with Gasteiger partial charge in [0, 0.05) is 6.92 Å². The zero-order valence-corrected chi connectivity index (χ0v) is 8.56. The minimum Gasteiger partial charge on any atom is -0.491 e. The Kier molecular flexibility index (Phi) is 3.24. The maximum absolute atomic E-state index is 13.4. The Morgan fingerprint density at radius 1 is 1.33 bits per heavy atom. The third kappa shape index (κ3) is 2.23.